The Morgan fingerprint density at radius 3 is 2.44 bits per heavy atom. The van der Waals surface area contributed by atoms with Crippen molar-refractivity contribution < 1.29 is 0 Å². The van der Waals surface area contributed by atoms with Gasteiger partial charge < -0.3 is 0 Å². The topological polar surface area (TPSA) is 17.8 Å². The second-order valence-electron chi connectivity index (χ2n) is 4.23. The maximum Gasteiger partial charge on any atom is 0.0766 e. The zero-order valence-electron chi connectivity index (χ0n) is 10.4. The summed E-state index contributed by atoms with van der Waals surface area (Å²) in [6, 6.07) is 0. The Morgan fingerprint density at radius 1 is 1.44 bits per heavy atom. The maximum atomic E-state index is 6.19. The van der Waals surface area contributed by atoms with E-state index in [4.69, 9.17) is 11.6 Å². The van der Waals surface area contributed by atoms with E-state index >= 15 is 0 Å². The van der Waals surface area contributed by atoms with Crippen LogP contribution in [0, 0.1) is 5.92 Å². The molecule has 0 aliphatic carbocycles. The average molecular weight is 308 g/mol. The van der Waals surface area contributed by atoms with Crippen LogP contribution >= 0.6 is 27.5 Å². The first kappa shape index (κ1) is 14.0. The fourth-order valence-electron chi connectivity index (χ4n) is 1.92. The lowest BCUT2D eigenvalue weighted by Crippen LogP contribution is -2.15. The monoisotopic (exact) mass is 306 g/mol. The molecule has 0 radical (unpaired) electrons. The minimum absolute atomic E-state index is 0.205. The molecule has 1 rings (SSSR count). The number of rotatable bonds is 5. The predicted octanol–water partition coefficient (Wildman–Crippen LogP) is 3.94. The Morgan fingerprint density at radius 2 is 2.06 bits per heavy atom. The van der Waals surface area contributed by atoms with Crippen molar-refractivity contribution in [3.8, 4) is 0 Å². The highest BCUT2D eigenvalue weighted by Crippen LogP contribution is 2.27. The summed E-state index contributed by atoms with van der Waals surface area (Å²) in [5.41, 5.74) is 2.39. The SMILES string of the molecule is CCc1nn(C)c(CC(CC)C(C)Cl)c1Br. The molecule has 0 bridgehead atoms. The minimum atomic E-state index is 0.205. The lowest BCUT2D eigenvalue weighted by atomic mass is 9.97. The third-order valence-electron chi connectivity index (χ3n) is 3.13. The molecule has 1 heterocycles. The van der Waals surface area contributed by atoms with Crippen molar-refractivity contribution in [1.82, 2.24) is 9.78 Å². The van der Waals surface area contributed by atoms with E-state index in [2.05, 4.69) is 41.8 Å². The molecule has 1 aromatic heterocycles. The van der Waals surface area contributed by atoms with Gasteiger partial charge in [-0.1, -0.05) is 20.3 Å². The van der Waals surface area contributed by atoms with Crippen molar-refractivity contribution in [2.75, 3.05) is 0 Å². The molecule has 0 spiro atoms. The van der Waals surface area contributed by atoms with Gasteiger partial charge in [-0.15, -0.1) is 11.6 Å². The number of nitrogens with zero attached hydrogens (tertiary/aromatic N) is 2. The van der Waals surface area contributed by atoms with E-state index in [0.29, 0.717) is 5.92 Å². The third-order valence-corrected chi connectivity index (χ3v) is 4.40. The molecule has 0 fully saturated rings. The van der Waals surface area contributed by atoms with Crippen molar-refractivity contribution in [2.45, 2.75) is 45.4 Å². The summed E-state index contributed by atoms with van der Waals surface area (Å²) in [7, 11) is 2.00. The van der Waals surface area contributed by atoms with Crippen LogP contribution in [0.3, 0.4) is 0 Å². The molecule has 0 N–H and O–H groups in total. The van der Waals surface area contributed by atoms with Crippen LogP contribution in [0.5, 0.6) is 0 Å². The van der Waals surface area contributed by atoms with E-state index in [1.54, 1.807) is 0 Å². The number of halogens is 2. The van der Waals surface area contributed by atoms with E-state index in [1.807, 2.05) is 11.7 Å². The molecule has 0 amide bonds. The van der Waals surface area contributed by atoms with Crippen LogP contribution in [-0.4, -0.2) is 15.2 Å². The van der Waals surface area contributed by atoms with Gasteiger partial charge in [0, 0.05) is 12.4 Å². The van der Waals surface area contributed by atoms with Gasteiger partial charge in [-0.3, -0.25) is 4.68 Å². The first-order valence-electron chi connectivity index (χ1n) is 5.85. The van der Waals surface area contributed by atoms with Gasteiger partial charge >= 0.3 is 0 Å². The molecule has 2 nitrogen and oxygen atoms in total. The highest BCUT2D eigenvalue weighted by molar-refractivity contribution is 9.10. The van der Waals surface area contributed by atoms with Gasteiger partial charge in [0.1, 0.15) is 0 Å². The van der Waals surface area contributed by atoms with Gasteiger partial charge in [0.15, 0.2) is 0 Å². The molecule has 4 heteroatoms. The van der Waals surface area contributed by atoms with Crippen molar-refractivity contribution in [2.24, 2.45) is 13.0 Å². The summed E-state index contributed by atoms with van der Waals surface area (Å²) in [6.45, 7) is 6.38. The Kier molecular flexibility index (Phi) is 5.32. The molecule has 2 unspecified atom stereocenters. The van der Waals surface area contributed by atoms with Crippen molar-refractivity contribution >= 4 is 27.5 Å². The number of hydrogen-bond acceptors (Lipinski definition) is 1. The Balaban J connectivity index is 2.91. The zero-order valence-corrected chi connectivity index (χ0v) is 12.8. The fraction of sp³-hybridized carbons (Fsp3) is 0.750. The van der Waals surface area contributed by atoms with Crippen LogP contribution in [0.2, 0.25) is 0 Å². The number of alkyl halides is 1. The zero-order chi connectivity index (χ0) is 12.3. The van der Waals surface area contributed by atoms with Crippen LogP contribution in [0.1, 0.15) is 38.6 Å². The molecule has 92 valence electrons. The van der Waals surface area contributed by atoms with Crippen molar-refractivity contribution in [1.29, 1.82) is 0 Å². The van der Waals surface area contributed by atoms with E-state index in [9.17, 15) is 0 Å². The van der Waals surface area contributed by atoms with E-state index in [-0.39, 0.29) is 5.38 Å². The second kappa shape index (κ2) is 6.06. The number of hydrogen-bond donors (Lipinski definition) is 0. The highest BCUT2D eigenvalue weighted by atomic mass is 79.9. The maximum absolute atomic E-state index is 6.19. The van der Waals surface area contributed by atoms with Gasteiger partial charge in [-0.25, -0.2) is 0 Å². The smallest absolute Gasteiger partial charge is 0.0766 e. The molecular formula is C12H20BrClN2. The fourth-order valence-corrected chi connectivity index (χ4v) is 2.97. The molecule has 0 aliphatic heterocycles. The van der Waals surface area contributed by atoms with Gasteiger partial charge in [-0.05, 0) is 41.6 Å². The Bertz CT molecular complexity index is 347. The van der Waals surface area contributed by atoms with Crippen LogP contribution in [0.25, 0.3) is 0 Å². The molecule has 0 aliphatic rings. The molecule has 16 heavy (non-hydrogen) atoms. The molecule has 0 aromatic carbocycles. The molecular weight excluding hydrogens is 288 g/mol. The third kappa shape index (κ3) is 3.01. The standard InChI is InChI=1S/C12H20BrClN2/c1-5-9(8(3)14)7-11-12(13)10(6-2)15-16(11)4/h8-9H,5-7H2,1-4H3. The predicted molar refractivity (Wildman–Crippen MR) is 73.1 cm³/mol. The summed E-state index contributed by atoms with van der Waals surface area (Å²) >= 11 is 9.84. The van der Waals surface area contributed by atoms with Crippen molar-refractivity contribution in [3.05, 3.63) is 15.9 Å². The summed E-state index contributed by atoms with van der Waals surface area (Å²) < 4.78 is 3.14. The van der Waals surface area contributed by atoms with Gasteiger partial charge in [-0.2, -0.15) is 5.10 Å². The normalized spacial score (nSPS) is 15.1. The minimum Gasteiger partial charge on any atom is -0.271 e. The molecule has 2 atom stereocenters. The first-order chi connectivity index (χ1) is 7.51. The van der Waals surface area contributed by atoms with E-state index < -0.39 is 0 Å². The first-order valence-corrected chi connectivity index (χ1v) is 7.08. The lowest BCUT2D eigenvalue weighted by Gasteiger charge is -2.17. The van der Waals surface area contributed by atoms with Gasteiger partial charge in [0.25, 0.3) is 0 Å². The van der Waals surface area contributed by atoms with Crippen molar-refractivity contribution in [3.63, 3.8) is 0 Å². The largest absolute Gasteiger partial charge is 0.271 e. The van der Waals surface area contributed by atoms with Crippen LogP contribution in [-0.2, 0) is 19.9 Å². The van der Waals surface area contributed by atoms with Gasteiger partial charge in [0.2, 0.25) is 0 Å². The molecule has 0 saturated carbocycles. The van der Waals surface area contributed by atoms with Crippen LogP contribution in [0.15, 0.2) is 4.47 Å². The summed E-state index contributed by atoms with van der Waals surface area (Å²) in [6.07, 6.45) is 3.05. The molecule has 0 saturated heterocycles. The van der Waals surface area contributed by atoms with E-state index in [1.165, 1.54) is 5.69 Å². The van der Waals surface area contributed by atoms with Crippen LogP contribution in [0.4, 0.5) is 0 Å². The average Bonchev–Trinajstić information content (AvgIpc) is 2.51. The van der Waals surface area contributed by atoms with Gasteiger partial charge in [0.05, 0.1) is 15.9 Å². The van der Waals surface area contributed by atoms with Crippen LogP contribution < -0.4 is 0 Å². The Labute approximate surface area is 111 Å². The number of aromatic nitrogens is 2. The molecule has 1 aromatic rings. The number of aryl methyl sites for hydroxylation is 2. The second-order valence-corrected chi connectivity index (χ2v) is 5.72. The van der Waals surface area contributed by atoms with E-state index in [0.717, 1.165) is 29.4 Å². The summed E-state index contributed by atoms with van der Waals surface area (Å²) in [5.74, 6) is 0.512. The Hall–Kier alpha value is -0.0200. The summed E-state index contributed by atoms with van der Waals surface area (Å²) in [5, 5.41) is 4.71. The lowest BCUT2D eigenvalue weighted by molar-refractivity contribution is 0.478. The summed E-state index contributed by atoms with van der Waals surface area (Å²) in [4.78, 5) is 0. The highest BCUT2D eigenvalue weighted by Gasteiger charge is 2.19. The quantitative estimate of drug-likeness (QED) is 0.753.